The molecular weight excluding hydrogens is 295 g/mol. The van der Waals surface area contributed by atoms with Crippen molar-refractivity contribution in [3.63, 3.8) is 0 Å². The molecule has 0 unspecified atom stereocenters. The number of hydrogen-bond donors (Lipinski definition) is 0. The number of carbonyl (C=O) groups is 1. The van der Waals surface area contributed by atoms with E-state index in [2.05, 4.69) is 0 Å². The monoisotopic (exact) mass is 314 g/mol. The maximum atomic E-state index is 14.2. The predicted molar refractivity (Wildman–Crippen MR) is 92.1 cm³/mol. The summed E-state index contributed by atoms with van der Waals surface area (Å²) in [5, 5.41) is 0. The molecule has 2 aromatic rings. The third kappa shape index (κ3) is 3.00. The average molecular weight is 314 g/mol. The summed E-state index contributed by atoms with van der Waals surface area (Å²) in [7, 11) is 0. The van der Waals surface area contributed by atoms with Crippen LogP contribution in [0.25, 0.3) is 5.57 Å². The van der Waals surface area contributed by atoms with Gasteiger partial charge in [-0.1, -0.05) is 36.4 Å². The summed E-state index contributed by atoms with van der Waals surface area (Å²) in [6, 6.07) is 10.8. The van der Waals surface area contributed by atoms with Crippen LogP contribution in [0.4, 0.5) is 4.39 Å². The molecule has 0 fully saturated rings. The van der Waals surface area contributed by atoms with E-state index in [4.69, 9.17) is 0 Å². The van der Waals surface area contributed by atoms with Crippen LogP contribution < -0.4 is 0 Å². The summed E-state index contributed by atoms with van der Waals surface area (Å²) in [5.74, 6) is -0.469. The van der Waals surface area contributed by atoms with Crippen LogP contribution in [0.2, 0.25) is 0 Å². The number of halogens is 1. The highest BCUT2D eigenvalue weighted by Crippen LogP contribution is 2.31. The van der Waals surface area contributed by atoms with Gasteiger partial charge in [0.25, 0.3) is 0 Å². The minimum Gasteiger partial charge on any atom is -0.289 e. The van der Waals surface area contributed by atoms with Gasteiger partial charge in [0.1, 0.15) is 5.82 Å². The largest absolute Gasteiger partial charge is 0.289 e. The number of hydrogen-bond acceptors (Lipinski definition) is 2. The van der Waals surface area contributed by atoms with Gasteiger partial charge in [0.05, 0.1) is 0 Å². The molecule has 0 heterocycles. The van der Waals surface area contributed by atoms with Crippen molar-refractivity contribution in [2.24, 2.45) is 0 Å². The van der Waals surface area contributed by atoms with Gasteiger partial charge in [0.15, 0.2) is 5.78 Å². The molecule has 0 saturated heterocycles. The molecule has 2 rings (SSSR count). The highest BCUT2D eigenvalue weighted by Gasteiger charge is 2.20. The second-order valence-electron chi connectivity index (χ2n) is 5.09. The van der Waals surface area contributed by atoms with Gasteiger partial charge in [0.2, 0.25) is 0 Å². The molecule has 3 heteroatoms. The van der Waals surface area contributed by atoms with Gasteiger partial charge in [-0.2, -0.15) is 0 Å². The van der Waals surface area contributed by atoms with E-state index in [-0.39, 0.29) is 11.6 Å². The molecule has 114 valence electrons. The Hall–Kier alpha value is -1.87. The number of allylic oxidation sites excluding steroid dienone is 2. The van der Waals surface area contributed by atoms with Crippen molar-refractivity contribution in [2.75, 3.05) is 6.26 Å². The lowest BCUT2D eigenvalue weighted by Gasteiger charge is -2.14. The molecule has 0 atom stereocenters. The summed E-state index contributed by atoms with van der Waals surface area (Å²) in [5.41, 5.74) is 3.55. The Morgan fingerprint density at radius 3 is 2.32 bits per heavy atom. The van der Waals surface area contributed by atoms with Crippen LogP contribution in [0.5, 0.6) is 0 Å². The topological polar surface area (TPSA) is 17.1 Å². The van der Waals surface area contributed by atoms with Crippen molar-refractivity contribution in [1.82, 2.24) is 0 Å². The van der Waals surface area contributed by atoms with Gasteiger partial charge in [-0.05, 0) is 49.8 Å². The number of Topliss-reactive ketones (excluding diaryl/α,β-unsaturated/α-hetero) is 1. The highest BCUT2D eigenvalue weighted by molar-refractivity contribution is 7.98. The summed E-state index contributed by atoms with van der Waals surface area (Å²) < 4.78 is 14.2. The molecule has 0 spiro atoms. The predicted octanol–water partition coefficient (Wildman–Crippen LogP) is 5.45. The third-order valence-electron chi connectivity index (χ3n) is 3.86. The second-order valence-corrected chi connectivity index (χ2v) is 5.90. The summed E-state index contributed by atoms with van der Waals surface area (Å²) >= 11 is 1.37. The van der Waals surface area contributed by atoms with Crippen LogP contribution in [0.3, 0.4) is 0 Å². The van der Waals surface area contributed by atoms with Crippen LogP contribution in [0.15, 0.2) is 47.4 Å². The van der Waals surface area contributed by atoms with Gasteiger partial charge in [-0.15, -0.1) is 11.8 Å². The second kappa shape index (κ2) is 6.93. The number of rotatable bonds is 4. The summed E-state index contributed by atoms with van der Waals surface area (Å²) in [6.07, 6.45) is 3.63. The van der Waals surface area contributed by atoms with Crippen LogP contribution >= 0.6 is 11.8 Å². The maximum Gasteiger partial charge on any atom is 0.193 e. The fourth-order valence-electron chi connectivity index (χ4n) is 2.53. The van der Waals surface area contributed by atoms with Gasteiger partial charge in [0, 0.05) is 16.0 Å². The van der Waals surface area contributed by atoms with Crippen molar-refractivity contribution in [3.8, 4) is 0 Å². The van der Waals surface area contributed by atoms with Crippen LogP contribution in [0.1, 0.15) is 34.0 Å². The fourth-order valence-corrected chi connectivity index (χ4v) is 3.24. The average Bonchev–Trinajstić information content (AvgIpc) is 2.53. The van der Waals surface area contributed by atoms with E-state index in [1.54, 1.807) is 6.08 Å². The first-order chi connectivity index (χ1) is 10.5. The number of carbonyl (C=O) groups excluding carboxylic acids is 1. The van der Waals surface area contributed by atoms with E-state index in [1.165, 1.54) is 17.8 Å². The number of ketones is 1. The van der Waals surface area contributed by atoms with E-state index in [1.807, 2.05) is 57.4 Å². The Kier molecular flexibility index (Phi) is 5.19. The normalized spacial score (nSPS) is 11.6. The van der Waals surface area contributed by atoms with Gasteiger partial charge in [-0.3, -0.25) is 4.79 Å². The Labute approximate surface area is 135 Å². The molecule has 1 nitrogen and oxygen atoms in total. The van der Waals surface area contributed by atoms with Crippen molar-refractivity contribution >= 4 is 23.1 Å². The SMILES string of the molecule is CC=C(C(=O)c1cc(F)c(SC)c(C)c1C)c1ccccc1. The molecule has 2 aromatic carbocycles. The summed E-state index contributed by atoms with van der Waals surface area (Å²) in [6.45, 7) is 5.56. The van der Waals surface area contributed by atoms with Crippen molar-refractivity contribution in [3.05, 3.63) is 70.5 Å². The Bertz CT molecular complexity index is 733. The standard InChI is InChI=1S/C19H19FOS/c1-5-15(14-9-7-6-8-10-14)18(21)16-11-17(20)19(22-4)13(3)12(16)2/h5-11H,1-4H3. The molecule has 0 aliphatic rings. The molecule has 22 heavy (non-hydrogen) atoms. The molecule has 0 aromatic heterocycles. The molecule has 0 bridgehead atoms. The van der Waals surface area contributed by atoms with Crippen molar-refractivity contribution in [2.45, 2.75) is 25.7 Å². The molecule has 0 aliphatic heterocycles. The maximum absolute atomic E-state index is 14.2. The van der Waals surface area contributed by atoms with Gasteiger partial charge >= 0.3 is 0 Å². The van der Waals surface area contributed by atoms with Crippen LogP contribution in [-0.4, -0.2) is 12.0 Å². The minimum atomic E-state index is -0.331. The first-order valence-corrected chi connectivity index (χ1v) is 8.33. The Morgan fingerprint density at radius 2 is 1.77 bits per heavy atom. The zero-order valence-electron chi connectivity index (χ0n) is 13.2. The van der Waals surface area contributed by atoms with Crippen molar-refractivity contribution in [1.29, 1.82) is 0 Å². The molecular formula is C19H19FOS. The lowest BCUT2D eigenvalue weighted by Crippen LogP contribution is -2.08. The van der Waals surface area contributed by atoms with Gasteiger partial charge in [-0.25, -0.2) is 4.39 Å². The van der Waals surface area contributed by atoms with Gasteiger partial charge < -0.3 is 0 Å². The van der Waals surface area contributed by atoms with E-state index >= 15 is 0 Å². The lowest BCUT2D eigenvalue weighted by atomic mass is 9.92. The van der Waals surface area contributed by atoms with Crippen molar-refractivity contribution < 1.29 is 9.18 Å². The molecule has 0 saturated carbocycles. The van der Waals surface area contributed by atoms with E-state index in [9.17, 15) is 9.18 Å². The zero-order chi connectivity index (χ0) is 16.3. The molecule has 0 amide bonds. The van der Waals surface area contributed by atoms with E-state index < -0.39 is 0 Å². The first kappa shape index (κ1) is 16.5. The minimum absolute atomic E-state index is 0.138. The van der Waals surface area contributed by atoms with E-state index in [0.717, 1.165) is 16.7 Å². The fraction of sp³-hybridized carbons (Fsp3) is 0.211. The first-order valence-electron chi connectivity index (χ1n) is 7.11. The summed E-state index contributed by atoms with van der Waals surface area (Å²) in [4.78, 5) is 13.5. The van der Waals surface area contributed by atoms with E-state index in [0.29, 0.717) is 16.0 Å². The zero-order valence-corrected chi connectivity index (χ0v) is 14.1. The number of benzene rings is 2. The lowest BCUT2D eigenvalue weighted by molar-refractivity contribution is 0.105. The molecule has 0 aliphatic carbocycles. The van der Waals surface area contributed by atoms with Crippen LogP contribution in [0, 0.1) is 19.7 Å². The van der Waals surface area contributed by atoms with Crippen LogP contribution in [-0.2, 0) is 0 Å². The Balaban J connectivity index is 2.55. The molecule has 0 N–H and O–H groups in total. The smallest absolute Gasteiger partial charge is 0.193 e. The highest BCUT2D eigenvalue weighted by atomic mass is 32.2. The quantitative estimate of drug-likeness (QED) is 0.424. The Morgan fingerprint density at radius 1 is 1.14 bits per heavy atom. The molecule has 0 radical (unpaired) electrons. The third-order valence-corrected chi connectivity index (χ3v) is 4.77. The number of thioether (sulfide) groups is 1.